The quantitative estimate of drug-likeness (QED) is 0.439. The molecule has 26 heavy (non-hydrogen) atoms. The van der Waals surface area contributed by atoms with E-state index in [1.807, 2.05) is 67.6 Å². The van der Waals surface area contributed by atoms with Gasteiger partial charge in [0.15, 0.2) is 0 Å². The maximum atomic E-state index is 12.6. The molecule has 0 aromatic heterocycles. The van der Waals surface area contributed by atoms with Crippen LogP contribution >= 0.6 is 0 Å². The van der Waals surface area contributed by atoms with Crippen molar-refractivity contribution in [2.75, 3.05) is 0 Å². The molecule has 0 spiro atoms. The standard InChI is InChI=1S/C22H26O4/c1-16(17(2)23)18(3)26-22(24)21(14-19-10-6-4-7-11-19)25-15-20-12-8-5-9-13-20/h4-14,16-18,23H,15H2,1-3H3/t16?,17-,18+/m0/s1. The Labute approximate surface area is 155 Å². The molecule has 0 fully saturated rings. The Morgan fingerprint density at radius 3 is 2.15 bits per heavy atom. The predicted octanol–water partition coefficient (Wildman–Crippen LogP) is 4.19. The third-order valence-corrected chi connectivity index (χ3v) is 4.33. The maximum absolute atomic E-state index is 12.6. The fourth-order valence-corrected chi connectivity index (χ4v) is 2.32. The second kappa shape index (κ2) is 9.78. The van der Waals surface area contributed by atoms with Gasteiger partial charge in [0.1, 0.15) is 12.7 Å². The Hall–Kier alpha value is -2.59. The fourth-order valence-electron chi connectivity index (χ4n) is 2.32. The molecule has 1 N–H and O–H groups in total. The number of hydrogen-bond donors (Lipinski definition) is 1. The number of aliphatic hydroxyl groups is 1. The van der Waals surface area contributed by atoms with Crippen molar-refractivity contribution in [1.82, 2.24) is 0 Å². The molecular weight excluding hydrogens is 328 g/mol. The summed E-state index contributed by atoms with van der Waals surface area (Å²) >= 11 is 0. The number of carbonyl (C=O) groups is 1. The molecule has 0 amide bonds. The van der Waals surface area contributed by atoms with Gasteiger partial charge in [0.05, 0.1) is 6.10 Å². The summed E-state index contributed by atoms with van der Waals surface area (Å²) in [6, 6.07) is 19.1. The zero-order valence-corrected chi connectivity index (χ0v) is 15.5. The molecule has 0 bridgehead atoms. The second-order valence-corrected chi connectivity index (χ2v) is 6.40. The summed E-state index contributed by atoms with van der Waals surface area (Å²) in [6.07, 6.45) is 0.678. The molecule has 2 rings (SSSR count). The van der Waals surface area contributed by atoms with E-state index in [1.165, 1.54) is 0 Å². The van der Waals surface area contributed by atoms with Gasteiger partial charge in [0.2, 0.25) is 5.76 Å². The van der Waals surface area contributed by atoms with E-state index in [1.54, 1.807) is 19.9 Å². The Morgan fingerprint density at radius 2 is 1.58 bits per heavy atom. The summed E-state index contributed by atoms with van der Waals surface area (Å²) in [5, 5.41) is 9.69. The first-order chi connectivity index (χ1) is 12.5. The summed E-state index contributed by atoms with van der Waals surface area (Å²) in [5.74, 6) is -0.569. The molecule has 0 aliphatic rings. The van der Waals surface area contributed by atoms with Crippen molar-refractivity contribution in [2.45, 2.75) is 39.6 Å². The fraction of sp³-hybridized carbons (Fsp3) is 0.318. The molecule has 0 aliphatic heterocycles. The van der Waals surface area contributed by atoms with E-state index in [0.29, 0.717) is 0 Å². The molecular formula is C22H26O4. The number of rotatable bonds is 8. The number of aliphatic hydroxyl groups excluding tert-OH is 1. The maximum Gasteiger partial charge on any atom is 0.373 e. The lowest BCUT2D eigenvalue weighted by molar-refractivity contribution is -0.151. The van der Waals surface area contributed by atoms with Crippen molar-refractivity contribution in [3.8, 4) is 0 Å². The lowest BCUT2D eigenvalue weighted by Crippen LogP contribution is -2.30. The molecule has 4 heteroatoms. The average molecular weight is 354 g/mol. The molecule has 0 heterocycles. The Bertz CT molecular complexity index is 707. The second-order valence-electron chi connectivity index (χ2n) is 6.40. The van der Waals surface area contributed by atoms with Gasteiger partial charge >= 0.3 is 5.97 Å². The van der Waals surface area contributed by atoms with Crippen LogP contribution in [-0.2, 0) is 20.9 Å². The predicted molar refractivity (Wildman–Crippen MR) is 102 cm³/mol. The van der Waals surface area contributed by atoms with Gasteiger partial charge in [-0.2, -0.15) is 0 Å². The molecule has 3 atom stereocenters. The third-order valence-electron chi connectivity index (χ3n) is 4.33. The molecule has 2 aromatic rings. The molecule has 138 valence electrons. The van der Waals surface area contributed by atoms with Crippen LogP contribution in [0.4, 0.5) is 0 Å². The van der Waals surface area contributed by atoms with Gasteiger partial charge in [-0.15, -0.1) is 0 Å². The van der Waals surface area contributed by atoms with E-state index in [0.717, 1.165) is 11.1 Å². The normalized spacial score (nSPS) is 15.0. The highest BCUT2D eigenvalue weighted by molar-refractivity contribution is 5.91. The molecule has 0 aliphatic carbocycles. The van der Waals surface area contributed by atoms with E-state index in [9.17, 15) is 9.90 Å². The first-order valence-corrected chi connectivity index (χ1v) is 8.80. The number of esters is 1. The van der Waals surface area contributed by atoms with Gasteiger partial charge in [-0.3, -0.25) is 0 Å². The van der Waals surface area contributed by atoms with Gasteiger partial charge in [0, 0.05) is 5.92 Å². The number of ether oxygens (including phenoxy) is 2. The summed E-state index contributed by atoms with van der Waals surface area (Å²) in [6.45, 7) is 5.57. The molecule has 0 saturated heterocycles. The van der Waals surface area contributed by atoms with E-state index in [-0.39, 0.29) is 18.3 Å². The van der Waals surface area contributed by atoms with Crippen molar-refractivity contribution in [2.24, 2.45) is 5.92 Å². The number of carbonyl (C=O) groups excluding carboxylic acids is 1. The monoisotopic (exact) mass is 354 g/mol. The van der Waals surface area contributed by atoms with Crippen LogP contribution in [0.5, 0.6) is 0 Å². The number of benzene rings is 2. The smallest absolute Gasteiger partial charge is 0.373 e. The topological polar surface area (TPSA) is 55.8 Å². The lowest BCUT2D eigenvalue weighted by Gasteiger charge is -2.23. The molecule has 0 radical (unpaired) electrons. The average Bonchev–Trinajstić information content (AvgIpc) is 2.65. The van der Waals surface area contributed by atoms with Gasteiger partial charge in [-0.05, 0) is 31.1 Å². The molecule has 1 unspecified atom stereocenters. The highest BCUT2D eigenvalue weighted by Crippen LogP contribution is 2.17. The van der Waals surface area contributed by atoms with Crippen molar-refractivity contribution in [1.29, 1.82) is 0 Å². The van der Waals surface area contributed by atoms with Crippen molar-refractivity contribution in [3.63, 3.8) is 0 Å². The first-order valence-electron chi connectivity index (χ1n) is 8.80. The van der Waals surface area contributed by atoms with Crippen LogP contribution in [0, 0.1) is 5.92 Å². The minimum absolute atomic E-state index is 0.143. The molecule has 0 saturated carbocycles. The van der Waals surface area contributed by atoms with Crippen LogP contribution in [-0.4, -0.2) is 23.3 Å². The van der Waals surface area contributed by atoms with E-state index in [4.69, 9.17) is 9.47 Å². The van der Waals surface area contributed by atoms with Gasteiger partial charge in [0.25, 0.3) is 0 Å². The lowest BCUT2D eigenvalue weighted by atomic mass is 10.0. The van der Waals surface area contributed by atoms with Crippen LogP contribution in [0.25, 0.3) is 6.08 Å². The minimum Gasteiger partial charge on any atom is -0.482 e. The minimum atomic E-state index is -0.565. The summed E-state index contributed by atoms with van der Waals surface area (Å²) < 4.78 is 11.3. The summed E-state index contributed by atoms with van der Waals surface area (Å²) in [7, 11) is 0. The summed E-state index contributed by atoms with van der Waals surface area (Å²) in [4.78, 5) is 12.6. The van der Waals surface area contributed by atoms with Crippen LogP contribution in [0.1, 0.15) is 31.9 Å². The Kier molecular flexibility index (Phi) is 7.42. The van der Waals surface area contributed by atoms with E-state index >= 15 is 0 Å². The Balaban J connectivity index is 2.14. The zero-order chi connectivity index (χ0) is 18.9. The zero-order valence-electron chi connectivity index (χ0n) is 15.5. The highest BCUT2D eigenvalue weighted by atomic mass is 16.6. The van der Waals surface area contributed by atoms with Gasteiger partial charge in [-0.25, -0.2) is 4.79 Å². The summed E-state index contributed by atoms with van der Waals surface area (Å²) in [5.41, 5.74) is 1.81. The number of hydrogen-bond acceptors (Lipinski definition) is 4. The van der Waals surface area contributed by atoms with E-state index in [2.05, 4.69) is 0 Å². The van der Waals surface area contributed by atoms with Crippen LogP contribution < -0.4 is 0 Å². The Morgan fingerprint density at radius 1 is 1.00 bits per heavy atom. The van der Waals surface area contributed by atoms with Crippen molar-refractivity contribution in [3.05, 3.63) is 77.5 Å². The molecule has 2 aromatic carbocycles. The van der Waals surface area contributed by atoms with Crippen molar-refractivity contribution < 1.29 is 19.4 Å². The SMILES string of the molecule is CC([C@H](C)O)[C@@H](C)OC(=O)C(=Cc1ccccc1)OCc1ccccc1. The van der Waals surface area contributed by atoms with Crippen LogP contribution in [0.15, 0.2) is 66.4 Å². The third kappa shape index (κ3) is 6.05. The van der Waals surface area contributed by atoms with Crippen LogP contribution in [0.3, 0.4) is 0 Å². The van der Waals surface area contributed by atoms with Gasteiger partial charge in [-0.1, -0.05) is 67.6 Å². The van der Waals surface area contributed by atoms with Crippen molar-refractivity contribution >= 4 is 12.0 Å². The first kappa shape index (κ1) is 19.7. The van der Waals surface area contributed by atoms with Gasteiger partial charge < -0.3 is 14.6 Å². The van der Waals surface area contributed by atoms with E-state index < -0.39 is 18.2 Å². The molecule has 4 nitrogen and oxygen atoms in total. The van der Waals surface area contributed by atoms with Crippen LogP contribution in [0.2, 0.25) is 0 Å². The highest BCUT2D eigenvalue weighted by Gasteiger charge is 2.23. The largest absolute Gasteiger partial charge is 0.482 e.